The van der Waals surface area contributed by atoms with Crippen LogP contribution in [0, 0.1) is 0 Å². The molecular weight excluding hydrogens is 174 g/mol. The highest BCUT2D eigenvalue weighted by Crippen LogP contribution is 2.05. The van der Waals surface area contributed by atoms with E-state index in [0.29, 0.717) is 0 Å². The fraction of sp³-hybridized carbons (Fsp3) is 0.375. The van der Waals surface area contributed by atoms with Crippen LogP contribution < -0.4 is 11.2 Å². The van der Waals surface area contributed by atoms with Crippen LogP contribution in [0.3, 0.4) is 0 Å². The Bertz CT molecular complexity index is 196. The zero-order chi connectivity index (χ0) is 7.94. The molecule has 0 amide bonds. The zero-order valence-electron chi connectivity index (χ0n) is 6.86. The molecule has 12 heavy (non-hydrogen) atoms. The smallest absolute Gasteiger partial charge is 0.0474 e. The minimum Gasteiger partial charge on any atom is -0.330 e. The van der Waals surface area contributed by atoms with Crippen LogP contribution in [-0.2, 0) is 0 Å². The van der Waals surface area contributed by atoms with E-state index in [4.69, 9.17) is 5.73 Å². The number of hydrogen-bond donors (Lipinski definition) is 2. The second-order valence-corrected chi connectivity index (χ2v) is 2.37. The van der Waals surface area contributed by atoms with Gasteiger partial charge in [0.05, 0.1) is 0 Å². The summed E-state index contributed by atoms with van der Waals surface area (Å²) in [6.07, 6.45) is 9.65. The molecule has 1 heterocycles. The van der Waals surface area contributed by atoms with Crippen molar-refractivity contribution in [3.63, 3.8) is 0 Å². The Hall–Kier alpha value is -0.800. The molecule has 0 aliphatic carbocycles. The van der Waals surface area contributed by atoms with Gasteiger partial charge in [0.15, 0.2) is 0 Å². The molecule has 1 aliphatic heterocycles. The first-order chi connectivity index (χ1) is 5.43. The molecule has 0 aromatic rings. The van der Waals surface area contributed by atoms with Gasteiger partial charge in [-0.1, -0.05) is 0 Å². The summed E-state index contributed by atoms with van der Waals surface area (Å²) >= 11 is 0. The standard InChI is InChI=1S/C8H13N3.ClH/c9-5-1-2-8-3-6-10-11-7-4-8;/h3-4,6-7,10H,1-2,5,9H2;1H. The lowest BCUT2D eigenvalue weighted by Crippen LogP contribution is -1.98. The van der Waals surface area contributed by atoms with Crippen molar-refractivity contribution < 1.29 is 0 Å². The van der Waals surface area contributed by atoms with E-state index in [1.165, 1.54) is 5.57 Å². The third-order valence-electron chi connectivity index (χ3n) is 1.48. The van der Waals surface area contributed by atoms with E-state index < -0.39 is 0 Å². The van der Waals surface area contributed by atoms with Gasteiger partial charge in [0.2, 0.25) is 0 Å². The van der Waals surface area contributed by atoms with Crippen molar-refractivity contribution in [3.05, 3.63) is 23.9 Å². The molecule has 0 radical (unpaired) electrons. The lowest BCUT2D eigenvalue weighted by molar-refractivity contribution is 0.835. The van der Waals surface area contributed by atoms with Gasteiger partial charge in [0, 0.05) is 12.4 Å². The molecule has 0 atom stereocenters. The zero-order valence-corrected chi connectivity index (χ0v) is 7.68. The molecule has 1 aliphatic rings. The summed E-state index contributed by atoms with van der Waals surface area (Å²) in [5, 5.41) is 3.86. The lowest BCUT2D eigenvalue weighted by atomic mass is 10.1. The van der Waals surface area contributed by atoms with Gasteiger partial charge < -0.3 is 5.73 Å². The van der Waals surface area contributed by atoms with E-state index in [-0.39, 0.29) is 12.4 Å². The molecule has 68 valence electrons. The monoisotopic (exact) mass is 187 g/mol. The van der Waals surface area contributed by atoms with Crippen LogP contribution in [0.2, 0.25) is 0 Å². The molecule has 3 nitrogen and oxygen atoms in total. The van der Waals surface area contributed by atoms with Crippen molar-refractivity contribution in [2.24, 2.45) is 10.8 Å². The molecule has 4 heteroatoms. The number of rotatable bonds is 3. The Morgan fingerprint density at radius 3 is 3.08 bits per heavy atom. The highest BCUT2D eigenvalue weighted by Gasteiger charge is 1.91. The molecule has 1 rings (SSSR count). The van der Waals surface area contributed by atoms with Crippen molar-refractivity contribution in [2.45, 2.75) is 12.8 Å². The van der Waals surface area contributed by atoms with E-state index in [1.54, 1.807) is 6.21 Å². The largest absolute Gasteiger partial charge is 0.330 e. The van der Waals surface area contributed by atoms with E-state index >= 15 is 0 Å². The van der Waals surface area contributed by atoms with E-state index in [0.717, 1.165) is 19.4 Å². The highest BCUT2D eigenvalue weighted by atomic mass is 35.5. The molecule has 3 N–H and O–H groups in total. The number of nitrogens with zero attached hydrogens (tertiary/aromatic N) is 1. The average molecular weight is 188 g/mol. The maximum Gasteiger partial charge on any atom is 0.0474 e. The molecule has 0 bridgehead atoms. The van der Waals surface area contributed by atoms with Crippen LogP contribution in [-0.4, -0.2) is 12.8 Å². The number of hydrazone groups is 1. The van der Waals surface area contributed by atoms with Gasteiger partial charge in [-0.3, -0.25) is 5.43 Å². The van der Waals surface area contributed by atoms with Crippen LogP contribution in [0.1, 0.15) is 12.8 Å². The SMILES string of the molecule is Cl.NCCCC1=CC=NNC=C1. The number of halogens is 1. The molecular formula is C8H14ClN3. The van der Waals surface area contributed by atoms with Crippen LogP contribution in [0.25, 0.3) is 0 Å². The third-order valence-corrected chi connectivity index (χ3v) is 1.48. The van der Waals surface area contributed by atoms with E-state index in [9.17, 15) is 0 Å². The summed E-state index contributed by atoms with van der Waals surface area (Å²) in [5.41, 5.74) is 9.41. The van der Waals surface area contributed by atoms with E-state index in [1.807, 2.05) is 18.4 Å². The van der Waals surface area contributed by atoms with Crippen LogP contribution in [0.4, 0.5) is 0 Å². The number of allylic oxidation sites excluding steroid dienone is 3. The average Bonchev–Trinajstić information content (AvgIpc) is 2.28. The summed E-state index contributed by atoms with van der Waals surface area (Å²) in [6, 6.07) is 0. The van der Waals surface area contributed by atoms with Gasteiger partial charge in [-0.2, -0.15) is 5.10 Å². The minimum absolute atomic E-state index is 0. The summed E-state index contributed by atoms with van der Waals surface area (Å²) < 4.78 is 0. The van der Waals surface area contributed by atoms with Gasteiger partial charge in [0.1, 0.15) is 0 Å². The summed E-state index contributed by atoms with van der Waals surface area (Å²) in [7, 11) is 0. The predicted molar refractivity (Wildman–Crippen MR) is 54.4 cm³/mol. The van der Waals surface area contributed by atoms with Gasteiger partial charge in [-0.15, -0.1) is 12.4 Å². The van der Waals surface area contributed by atoms with Gasteiger partial charge in [0.25, 0.3) is 0 Å². The molecule has 0 aromatic heterocycles. The van der Waals surface area contributed by atoms with Crippen LogP contribution >= 0.6 is 12.4 Å². The first kappa shape index (κ1) is 11.2. The first-order valence-corrected chi connectivity index (χ1v) is 3.78. The molecule has 0 spiro atoms. The maximum atomic E-state index is 5.38. The second kappa shape index (κ2) is 6.88. The molecule has 0 fully saturated rings. The summed E-state index contributed by atoms with van der Waals surface area (Å²) in [4.78, 5) is 0. The first-order valence-electron chi connectivity index (χ1n) is 3.78. The molecule has 0 unspecified atom stereocenters. The van der Waals surface area contributed by atoms with Gasteiger partial charge in [-0.25, -0.2) is 0 Å². The Balaban J connectivity index is 0.00000121. The van der Waals surface area contributed by atoms with E-state index in [2.05, 4.69) is 10.5 Å². The lowest BCUT2D eigenvalue weighted by Gasteiger charge is -1.96. The quantitative estimate of drug-likeness (QED) is 0.697. The fourth-order valence-corrected chi connectivity index (χ4v) is 0.892. The van der Waals surface area contributed by atoms with Crippen LogP contribution in [0.15, 0.2) is 29.0 Å². The Morgan fingerprint density at radius 1 is 1.50 bits per heavy atom. The fourth-order valence-electron chi connectivity index (χ4n) is 0.892. The molecule has 0 aromatic carbocycles. The number of nitrogens with one attached hydrogen (secondary N) is 1. The summed E-state index contributed by atoms with van der Waals surface area (Å²) in [5.74, 6) is 0. The van der Waals surface area contributed by atoms with Crippen molar-refractivity contribution in [1.29, 1.82) is 0 Å². The second-order valence-electron chi connectivity index (χ2n) is 2.37. The Labute approximate surface area is 78.8 Å². The van der Waals surface area contributed by atoms with Crippen molar-refractivity contribution in [2.75, 3.05) is 6.54 Å². The predicted octanol–water partition coefficient (Wildman–Crippen LogP) is 1.18. The normalized spacial score (nSPS) is 14.2. The number of nitrogens with two attached hydrogens (primary N) is 1. The van der Waals surface area contributed by atoms with Crippen molar-refractivity contribution in [3.8, 4) is 0 Å². The Morgan fingerprint density at radius 2 is 2.33 bits per heavy atom. The Kier molecular flexibility index (Phi) is 6.42. The van der Waals surface area contributed by atoms with Gasteiger partial charge >= 0.3 is 0 Å². The van der Waals surface area contributed by atoms with Crippen molar-refractivity contribution >= 4 is 18.6 Å². The molecule has 0 saturated carbocycles. The topological polar surface area (TPSA) is 50.4 Å². The van der Waals surface area contributed by atoms with Crippen molar-refractivity contribution in [1.82, 2.24) is 5.43 Å². The minimum atomic E-state index is 0. The van der Waals surface area contributed by atoms with Gasteiger partial charge in [-0.05, 0) is 37.1 Å². The third kappa shape index (κ3) is 4.16. The molecule has 0 saturated heterocycles. The number of hydrogen-bond acceptors (Lipinski definition) is 3. The highest BCUT2D eigenvalue weighted by molar-refractivity contribution is 5.85. The summed E-state index contributed by atoms with van der Waals surface area (Å²) in [6.45, 7) is 0.746. The maximum absolute atomic E-state index is 5.38. The van der Waals surface area contributed by atoms with Crippen LogP contribution in [0.5, 0.6) is 0 Å².